The molecule has 1 unspecified atom stereocenters. The number of aliphatic hydroxyl groups excluding tert-OH is 1. The Hall–Kier alpha value is -4.46. The van der Waals surface area contributed by atoms with Crippen molar-refractivity contribution in [2.75, 3.05) is 4.90 Å². The van der Waals surface area contributed by atoms with E-state index in [9.17, 15) is 14.7 Å². The van der Waals surface area contributed by atoms with Crippen LogP contribution >= 0.6 is 0 Å². The topological polar surface area (TPSA) is 108 Å². The number of Topliss-reactive ketones (excluding diaryl/α,β-unsaturated/α-hetero) is 1. The van der Waals surface area contributed by atoms with Gasteiger partial charge in [-0.2, -0.15) is 0 Å². The van der Waals surface area contributed by atoms with Gasteiger partial charge in [-0.05, 0) is 74.4 Å². The number of nitrogens with zero attached hydrogens (tertiary/aromatic N) is 3. The van der Waals surface area contributed by atoms with Crippen LogP contribution in [0.3, 0.4) is 0 Å². The number of hydrogen-bond acceptors (Lipinski definition) is 6. The van der Waals surface area contributed by atoms with Crippen LogP contribution in [-0.2, 0) is 9.59 Å². The van der Waals surface area contributed by atoms with Gasteiger partial charge in [0.1, 0.15) is 11.5 Å². The van der Waals surface area contributed by atoms with Gasteiger partial charge in [0.15, 0.2) is 0 Å². The van der Waals surface area contributed by atoms with Gasteiger partial charge in [0.2, 0.25) is 5.95 Å². The number of ketones is 1. The van der Waals surface area contributed by atoms with Crippen molar-refractivity contribution in [1.29, 1.82) is 0 Å². The second-order valence-electron chi connectivity index (χ2n) is 8.73. The zero-order chi connectivity index (χ0) is 24.7. The molecule has 0 radical (unpaired) electrons. The van der Waals surface area contributed by atoms with Gasteiger partial charge in [0.25, 0.3) is 5.78 Å². The Bertz CT molecular complexity index is 1460. The summed E-state index contributed by atoms with van der Waals surface area (Å²) in [5, 5.41) is 11.2. The van der Waals surface area contributed by atoms with Crippen molar-refractivity contribution < 1.29 is 19.4 Å². The number of imidazole rings is 1. The summed E-state index contributed by atoms with van der Waals surface area (Å²) in [5.74, 6) is -0.992. The van der Waals surface area contributed by atoms with Gasteiger partial charge in [0, 0.05) is 18.0 Å². The van der Waals surface area contributed by atoms with E-state index in [-0.39, 0.29) is 23.4 Å². The van der Waals surface area contributed by atoms with E-state index in [1.807, 2.05) is 39.0 Å². The van der Waals surface area contributed by atoms with Crippen molar-refractivity contribution in [1.82, 2.24) is 15.0 Å². The Balaban J connectivity index is 1.65. The van der Waals surface area contributed by atoms with E-state index in [0.29, 0.717) is 22.4 Å². The summed E-state index contributed by atoms with van der Waals surface area (Å²) in [6.07, 6.45) is 3.17. The molecule has 2 aromatic carbocycles. The number of ether oxygens (including phenoxy) is 1. The van der Waals surface area contributed by atoms with E-state index >= 15 is 0 Å². The van der Waals surface area contributed by atoms with Gasteiger partial charge in [-0.15, -0.1) is 0 Å². The molecule has 176 valence electrons. The van der Waals surface area contributed by atoms with Gasteiger partial charge >= 0.3 is 5.91 Å². The number of rotatable bonds is 5. The summed E-state index contributed by atoms with van der Waals surface area (Å²) >= 11 is 0. The fraction of sp³-hybridized carbons (Fsp3) is 0.185. The molecule has 0 aliphatic carbocycles. The Morgan fingerprint density at radius 2 is 1.89 bits per heavy atom. The highest BCUT2D eigenvalue weighted by Gasteiger charge is 2.48. The molecule has 1 fully saturated rings. The lowest BCUT2D eigenvalue weighted by Gasteiger charge is -2.22. The highest BCUT2D eigenvalue weighted by Crippen LogP contribution is 2.41. The molecule has 2 N–H and O–H groups in total. The van der Waals surface area contributed by atoms with Crippen LogP contribution in [0.15, 0.2) is 72.6 Å². The molecule has 1 saturated heterocycles. The Morgan fingerprint density at radius 3 is 2.57 bits per heavy atom. The van der Waals surface area contributed by atoms with E-state index in [1.54, 1.807) is 48.8 Å². The zero-order valence-corrected chi connectivity index (χ0v) is 19.5. The smallest absolute Gasteiger partial charge is 0.302 e. The molecule has 0 spiro atoms. The van der Waals surface area contributed by atoms with Crippen molar-refractivity contribution in [3.8, 4) is 5.75 Å². The highest BCUT2D eigenvalue weighted by molar-refractivity contribution is 6.51. The summed E-state index contributed by atoms with van der Waals surface area (Å²) < 4.78 is 5.67. The van der Waals surface area contributed by atoms with Crippen molar-refractivity contribution in [3.63, 3.8) is 0 Å². The molecule has 1 atom stereocenters. The fourth-order valence-electron chi connectivity index (χ4n) is 4.25. The largest absolute Gasteiger partial charge is 0.507 e. The van der Waals surface area contributed by atoms with Crippen LogP contribution in [-0.4, -0.2) is 37.9 Å². The van der Waals surface area contributed by atoms with Crippen molar-refractivity contribution in [3.05, 3.63) is 89.3 Å². The second-order valence-corrected chi connectivity index (χ2v) is 8.73. The Morgan fingerprint density at radius 1 is 1.11 bits per heavy atom. The number of nitrogens with one attached hydrogen (secondary N) is 1. The van der Waals surface area contributed by atoms with Crippen LogP contribution in [0, 0.1) is 6.92 Å². The van der Waals surface area contributed by atoms with Crippen LogP contribution < -0.4 is 9.64 Å². The maximum absolute atomic E-state index is 13.3. The molecule has 2 aromatic heterocycles. The number of amides is 1. The monoisotopic (exact) mass is 468 g/mol. The van der Waals surface area contributed by atoms with Gasteiger partial charge in [-0.25, -0.2) is 4.98 Å². The summed E-state index contributed by atoms with van der Waals surface area (Å²) in [6.45, 7) is 5.80. The molecular weight excluding hydrogens is 444 g/mol. The number of aliphatic hydroxyl groups is 1. The summed E-state index contributed by atoms with van der Waals surface area (Å²) in [6, 6.07) is 15.0. The summed E-state index contributed by atoms with van der Waals surface area (Å²) in [7, 11) is 0. The molecule has 5 rings (SSSR count). The second kappa shape index (κ2) is 8.72. The van der Waals surface area contributed by atoms with Gasteiger partial charge in [0.05, 0.1) is 28.8 Å². The van der Waals surface area contributed by atoms with Gasteiger partial charge < -0.3 is 14.8 Å². The molecule has 35 heavy (non-hydrogen) atoms. The molecule has 1 aliphatic rings. The number of aryl methyl sites for hydroxylation is 1. The number of hydrogen-bond donors (Lipinski definition) is 2. The molecule has 8 heteroatoms. The standard InChI is InChI=1S/C27H24N4O4/c1-15(2)35-19-9-7-17(8-10-19)24(32)22-23(18-5-4-12-28-14-18)31(26(34)25(22)33)27-29-20-11-6-16(3)13-21(20)30-27/h4-15,23,32H,1-3H3,(H,29,30)/b24-22+. The van der Waals surface area contributed by atoms with Crippen LogP contribution in [0.2, 0.25) is 0 Å². The third-order valence-electron chi connectivity index (χ3n) is 5.80. The number of benzene rings is 2. The first-order valence-corrected chi connectivity index (χ1v) is 11.3. The van der Waals surface area contributed by atoms with Crippen molar-refractivity contribution in [2.45, 2.75) is 32.9 Å². The first-order valence-electron chi connectivity index (χ1n) is 11.3. The zero-order valence-electron chi connectivity index (χ0n) is 19.5. The lowest BCUT2D eigenvalue weighted by molar-refractivity contribution is -0.132. The van der Waals surface area contributed by atoms with Gasteiger partial charge in [-0.3, -0.25) is 19.5 Å². The lowest BCUT2D eigenvalue weighted by Crippen LogP contribution is -2.30. The predicted molar refractivity (Wildman–Crippen MR) is 132 cm³/mol. The van der Waals surface area contributed by atoms with Crippen LogP contribution in [0.5, 0.6) is 5.75 Å². The number of carbonyl (C=O) groups is 2. The van der Waals surface area contributed by atoms with Crippen molar-refractivity contribution in [2.24, 2.45) is 0 Å². The number of anilines is 1. The summed E-state index contributed by atoms with van der Waals surface area (Å²) in [4.78, 5) is 39.7. The molecule has 0 bridgehead atoms. The van der Waals surface area contributed by atoms with E-state index in [4.69, 9.17) is 4.74 Å². The maximum Gasteiger partial charge on any atom is 0.302 e. The number of carbonyl (C=O) groups excluding carboxylic acids is 2. The molecule has 3 heterocycles. The number of aromatic nitrogens is 3. The predicted octanol–water partition coefficient (Wildman–Crippen LogP) is 4.68. The molecule has 8 nitrogen and oxygen atoms in total. The third-order valence-corrected chi connectivity index (χ3v) is 5.80. The first-order chi connectivity index (χ1) is 16.8. The number of fused-ring (bicyclic) bond motifs is 1. The highest BCUT2D eigenvalue weighted by atomic mass is 16.5. The average Bonchev–Trinajstić information content (AvgIpc) is 3.37. The van der Waals surface area contributed by atoms with Crippen molar-refractivity contribution >= 4 is 34.4 Å². The number of pyridine rings is 1. The van der Waals surface area contributed by atoms with Crippen LogP contribution in [0.1, 0.15) is 36.6 Å². The minimum atomic E-state index is -0.906. The minimum Gasteiger partial charge on any atom is -0.507 e. The maximum atomic E-state index is 13.3. The SMILES string of the molecule is Cc1ccc2nc(N3C(=O)C(=O)/C(=C(/O)c4ccc(OC(C)C)cc4)C3c3cccnc3)[nH]c2c1. The first kappa shape index (κ1) is 22.3. The van der Waals surface area contributed by atoms with Gasteiger partial charge in [-0.1, -0.05) is 12.1 Å². The molecule has 1 amide bonds. The van der Waals surface area contributed by atoms with E-state index in [0.717, 1.165) is 11.1 Å². The average molecular weight is 469 g/mol. The molecule has 0 saturated carbocycles. The van der Waals surface area contributed by atoms with Crippen LogP contribution in [0.4, 0.5) is 5.95 Å². The van der Waals surface area contributed by atoms with Crippen LogP contribution in [0.25, 0.3) is 16.8 Å². The lowest BCUT2D eigenvalue weighted by atomic mass is 9.96. The summed E-state index contributed by atoms with van der Waals surface area (Å²) in [5.41, 5.74) is 3.38. The molecule has 1 aliphatic heterocycles. The molecule has 4 aromatic rings. The quantitative estimate of drug-likeness (QED) is 0.250. The van der Waals surface area contributed by atoms with E-state index in [1.165, 1.54) is 4.90 Å². The molecular formula is C27H24N4O4. The Labute approximate surface area is 201 Å². The number of H-pyrrole nitrogens is 1. The third kappa shape index (κ3) is 4.03. The minimum absolute atomic E-state index is 0.00190. The fourth-order valence-corrected chi connectivity index (χ4v) is 4.25. The van der Waals surface area contributed by atoms with E-state index < -0.39 is 17.7 Å². The normalized spacial score (nSPS) is 17.5. The van der Waals surface area contributed by atoms with E-state index in [2.05, 4.69) is 15.0 Å². The number of aromatic amines is 1. The Kier molecular flexibility index (Phi) is 5.56.